The van der Waals surface area contributed by atoms with Crippen molar-refractivity contribution in [2.24, 2.45) is 0 Å². The standard InChI is InChI=1S/C14H17N3/c1-2-10-5-3-4-6-14(10)17-11-7-8-12(15)13(16)9-11/h3-9,17H,2,15-16H2,1H3. The van der Waals surface area contributed by atoms with Gasteiger partial charge in [-0.3, -0.25) is 0 Å². The number of hydrogen-bond donors (Lipinski definition) is 3. The molecule has 2 aromatic carbocycles. The molecule has 0 amide bonds. The lowest BCUT2D eigenvalue weighted by Crippen LogP contribution is -1.98. The number of benzene rings is 2. The van der Waals surface area contributed by atoms with Crippen LogP contribution in [-0.4, -0.2) is 0 Å². The molecule has 0 heterocycles. The van der Waals surface area contributed by atoms with Crippen molar-refractivity contribution in [3.63, 3.8) is 0 Å². The third-order valence-corrected chi connectivity index (χ3v) is 2.76. The average molecular weight is 227 g/mol. The fourth-order valence-electron chi connectivity index (χ4n) is 1.76. The lowest BCUT2D eigenvalue weighted by Gasteiger charge is -2.11. The minimum absolute atomic E-state index is 0.601. The summed E-state index contributed by atoms with van der Waals surface area (Å²) in [6.45, 7) is 2.14. The molecule has 0 saturated heterocycles. The highest BCUT2D eigenvalue weighted by Gasteiger charge is 2.01. The van der Waals surface area contributed by atoms with Gasteiger partial charge in [-0.25, -0.2) is 0 Å². The molecule has 0 unspecified atom stereocenters. The second kappa shape index (κ2) is 4.78. The van der Waals surface area contributed by atoms with E-state index in [1.165, 1.54) is 5.56 Å². The average Bonchev–Trinajstić information content (AvgIpc) is 2.34. The van der Waals surface area contributed by atoms with E-state index in [0.717, 1.165) is 17.8 Å². The zero-order chi connectivity index (χ0) is 12.3. The van der Waals surface area contributed by atoms with E-state index in [-0.39, 0.29) is 0 Å². The van der Waals surface area contributed by atoms with Crippen molar-refractivity contribution in [2.45, 2.75) is 13.3 Å². The van der Waals surface area contributed by atoms with Crippen LogP contribution in [0.2, 0.25) is 0 Å². The van der Waals surface area contributed by atoms with Gasteiger partial charge in [-0.2, -0.15) is 0 Å². The Morgan fingerprint density at radius 1 is 1.00 bits per heavy atom. The lowest BCUT2D eigenvalue weighted by molar-refractivity contribution is 1.14. The first-order chi connectivity index (χ1) is 8.20. The monoisotopic (exact) mass is 227 g/mol. The predicted octanol–water partition coefficient (Wildman–Crippen LogP) is 3.16. The van der Waals surface area contributed by atoms with Crippen molar-refractivity contribution < 1.29 is 0 Å². The number of aryl methyl sites for hydroxylation is 1. The Hall–Kier alpha value is -2.16. The van der Waals surface area contributed by atoms with E-state index in [1.807, 2.05) is 30.3 Å². The maximum atomic E-state index is 5.78. The van der Waals surface area contributed by atoms with Crippen LogP contribution in [0.5, 0.6) is 0 Å². The normalized spacial score (nSPS) is 10.2. The van der Waals surface area contributed by atoms with Crippen LogP contribution in [0.1, 0.15) is 12.5 Å². The van der Waals surface area contributed by atoms with E-state index >= 15 is 0 Å². The third kappa shape index (κ3) is 2.50. The van der Waals surface area contributed by atoms with Crippen molar-refractivity contribution >= 4 is 22.7 Å². The molecule has 0 aliphatic rings. The highest BCUT2D eigenvalue weighted by molar-refractivity contribution is 5.73. The summed E-state index contributed by atoms with van der Waals surface area (Å²) in [6, 6.07) is 13.8. The van der Waals surface area contributed by atoms with E-state index in [0.29, 0.717) is 11.4 Å². The summed E-state index contributed by atoms with van der Waals surface area (Å²) in [5.41, 5.74) is 16.0. The summed E-state index contributed by atoms with van der Waals surface area (Å²) in [4.78, 5) is 0. The van der Waals surface area contributed by atoms with Crippen molar-refractivity contribution in [3.05, 3.63) is 48.0 Å². The van der Waals surface area contributed by atoms with Gasteiger partial charge in [0.15, 0.2) is 0 Å². The molecule has 0 aliphatic carbocycles. The molecule has 0 saturated carbocycles. The Morgan fingerprint density at radius 2 is 1.76 bits per heavy atom. The third-order valence-electron chi connectivity index (χ3n) is 2.76. The first-order valence-corrected chi connectivity index (χ1v) is 5.70. The van der Waals surface area contributed by atoms with Gasteiger partial charge in [0.05, 0.1) is 11.4 Å². The molecular formula is C14H17N3. The zero-order valence-corrected chi connectivity index (χ0v) is 9.90. The molecule has 2 aromatic rings. The molecule has 3 nitrogen and oxygen atoms in total. The molecule has 0 aromatic heterocycles. The maximum absolute atomic E-state index is 5.78. The van der Waals surface area contributed by atoms with Gasteiger partial charge in [-0.05, 0) is 36.2 Å². The first kappa shape index (κ1) is 11.3. The molecular weight excluding hydrogens is 210 g/mol. The molecule has 0 fully saturated rings. The van der Waals surface area contributed by atoms with Gasteiger partial charge in [-0.1, -0.05) is 25.1 Å². The summed E-state index contributed by atoms with van der Waals surface area (Å²) >= 11 is 0. The van der Waals surface area contributed by atoms with Crippen molar-refractivity contribution in [2.75, 3.05) is 16.8 Å². The van der Waals surface area contributed by atoms with E-state index in [1.54, 1.807) is 0 Å². The van der Waals surface area contributed by atoms with Crippen LogP contribution < -0.4 is 16.8 Å². The van der Waals surface area contributed by atoms with Gasteiger partial charge in [0.25, 0.3) is 0 Å². The Balaban J connectivity index is 2.28. The second-order valence-electron chi connectivity index (χ2n) is 3.98. The van der Waals surface area contributed by atoms with Gasteiger partial charge in [0.1, 0.15) is 0 Å². The molecule has 5 N–H and O–H groups in total. The van der Waals surface area contributed by atoms with Crippen LogP contribution in [-0.2, 0) is 6.42 Å². The number of nitrogen functional groups attached to an aromatic ring is 2. The molecule has 3 heteroatoms. The van der Waals surface area contributed by atoms with Crippen LogP contribution >= 0.6 is 0 Å². The summed E-state index contributed by atoms with van der Waals surface area (Å²) in [5, 5.41) is 3.36. The van der Waals surface area contributed by atoms with Crippen LogP contribution in [0.15, 0.2) is 42.5 Å². The second-order valence-corrected chi connectivity index (χ2v) is 3.98. The van der Waals surface area contributed by atoms with Crippen LogP contribution in [0, 0.1) is 0 Å². The Morgan fingerprint density at radius 3 is 2.47 bits per heavy atom. The Labute approximate surface area is 101 Å². The zero-order valence-electron chi connectivity index (χ0n) is 9.90. The van der Waals surface area contributed by atoms with Gasteiger partial charge in [0.2, 0.25) is 0 Å². The molecule has 88 valence electrons. The predicted molar refractivity (Wildman–Crippen MR) is 74.4 cm³/mol. The number of nitrogens with one attached hydrogen (secondary N) is 1. The lowest BCUT2D eigenvalue weighted by atomic mass is 10.1. The van der Waals surface area contributed by atoms with Crippen LogP contribution in [0.3, 0.4) is 0 Å². The van der Waals surface area contributed by atoms with Gasteiger partial charge >= 0.3 is 0 Å². The minimum atomic E-state index is 0.601. The van der Waals surface area contributed by atoms with Gasteiger partial charge in [-0.15, -0.1) is 0 Å². The summed E-state index contributed by atoms with van der Waals surface area (Å²) in [6.07, 6.45) is 0.994. The van der Waals surface area contributed by atoms with Crippen LogP contribution in [0.4, 0.5) is 22.7 Å². The molecule has 2 rings (SSSR count). The molecule has 0 bridgehead atoms. The molecule has 0 spiro atoms. The highest BCUT2D eigenvalue weighted by atomic mass is 14.9. The first-order valence-electron chi connectivity index (χ1n) is 5.70. The SMILES string of the molecule is CCc1ccccc1Nc1ccc(N)c(N)c1. The largest absolute Gasteiger partial charge is 0.397 e. The van der Waals surface area contributed by atoms with E-state index < -0.39 is 0 Å². The number of anilines is 4. The Bertz CT molecular complexity index is 521. The van der Waals surface area contributed by atoms with Gasteiger partial charge in [0, 0.05) is 11.4 Å². The fraction of sp³-hybridized carbons (Fsp3) is 0.143. The smallest absolute Gasteiger partial charge is 0.0568 e. The summed E-state index contributed by atoms with van der Waals surface area (Å²) in [7, 11) is 0. The molecule has 0 radical (unpaired) electrons. The topological polar surface area (TPSA) is 64.1 Å². The van der Waals surface area contributed by atoms with Crippen molar-refractivity contribution in [3.8, 4) is 0 Å². The van der Waals surface area contributed by atoms with E-state index in [4.69, 9.17) is 11.5 Å². The van der Waals surface area contributed by atoms with Gasteiger partial charge < -0.3 is 16.8 Å². The summed E-state index contributed by atoms with van der Waals surface area (Å²) < 4.78 is 0. The number of hydrogen-bond acceptors (Lipinski definition) is 3. The van der Waals surface area contributed by atoms with E-state index in [2.05, 4.69) is 24.4 Å². The number of rotatable bonds is 3. The molecule has 0 atom stereocenters. The Kier molecular flexibility index (Phi) is 3.19. The number of para-hydroxylation sites is 1. The minimum Gasteiger partial charge on any atom is -0.397 e. The van der Waals surface area contributed by atoms with E-state index in [9.17, 15) is 0 Å². The quantitative estimate of drug-likeness (QED) is 0.706. The van der Waals surface area contributed by atoms with Crippen molar-refractivity contribution in [1.29, 1.82) is 0 Å². The van der Waals surface area contributed by atoms with Crippen LogP contribution in [0.25, 0.3) is 0 Å². The number of nitrogens with two attached hydrogens (primary N) is 2. The fourth-order valence-corrected chi connectivity index (χ4v) is 1.76. The maximum Gasteiger partial charge on any atom is 0.0568 e. The summed E-state index contributed by atoms with van der Waals surface area (Å²) in [5.74, 6) is 0. The molecule has 17 heavy (non-hydrogen) atoms. The molecule has 0 aliphatic heterocycles. The highest BCUT2D eigenvalue weighted by Crippen LogP contribution is 2.25. The van der Waals surface area contributed by atoms with Crippen molar-refractivity contribution in [1.82, 2.24) is 0 Å².